The summed E-state index contributed by atoms with van der Waals surface area (Å²) in [6.45, 7) is 4.05. The topological polar surface area (TPSA) is 21.4 Å². The quantitative estimate of drug-likeness (QED) is 0.300. The molecule has 0 heterocycles. The molecule has 0 saturated carbocycles. The Bertz CT molecular complexity index is 180. The van der Waals surface area contributed by atoms with Crippen LogP contribution in [0.4, 0.5) is 0 Å². The zero-order valence-corrected chi connectivity index (χ0v) is 13.4. The van der Waals surface area contributed by atoms with Crippen molar-refractivity contribution in [2.45, 2.75) is 90.9 Å². The zero-order chi connectivity index (χ0) is 13.5. The van der Waals surface area contributed by atoms with Gasteiger partial charge in [0.1, 0.15) is 0 Å². The fraction of sp³-hybridized carbons (Fsp3) is 0.938. The van der Waals surface area contributed by atoms with Crippen LogP contribution in [-0.2, 0) is 0 Å². The maximum Gasteiger partial charge on any atom is 0.347 e. The summed E-state index contributed by atoms with van der Waals surface area (Å²) in [6.07, 6.45) is 16.8. The molecule has 0 spiro atoms. The molecule has 0 aliphatic heterocycles. The van der Waals surface area contributed by atoms with E-state index >= 15 is 0 Å². The summed E-state index contributed by atoms with van der Waals surface area (Å²) in [4.78, 5) is 9.01. The van der Waals surface area contributed by atoms with Crippen LogP contribution in [0, 0.1) is 0 Å². The highest BCUT2D eigenvalue weighted by atomic mass is 32.2. The predicted octanol–water partition coefficient (Wildman–Crippen LogP) is 5.94. The third kappa shape index (κ3) is 16.0. The molecule has 0 rings (SSSR count). The van der Waals surface area contributed by atoms with Crippen molar-refractivity contribution >= 4 is 16.9 Å². The normalized spacial score (nSPS) is 10.8. The maximum atomic E-state index is 9.01. The van der Waals surface area contributed by atoms with Crippen LogP contribution in [0.5, 0.6) is 0 Å². The second-order valence-corrected chi connectivity index (χ2v) is 6.54. The molecule has 108 valence electrons. The van der Waals surface area contributed by atoms with Gasteiger partial charge in [0.15, 0.2) is 0 Å². The SMILES string of the molecule is CCCCCCCCCCCCCCSC(C)=[OH+]. The molecule has 0 aliphatic carbocycles. The van der Waals surface area contributed by atoms with Crippen molar-refractivity contribution in [2.75, 3.05) is 5.75 Å². The minimum absolute atomic E-state index is 0.512. The third-order valence-electron chi connectivity index (χ3n) is 3.31. The number of hydrogen-bond donors (Lipinski definition) is 0. The van der Waals surface area contributed by atoms with Crippen molar-refractivity contribution in [3.63, 3.8) is 0 Å². The average molecular weight is 274 g/mol. The van der Waals surface area contributed by atoms with Crippen LogP contribution in [0.3, 0.4) is 0 Å². The standard InChI is InChI=1S/C16H32OS/c1-3-4-5-6-7-8-9-10-11-12-13-14-15-18-16(2)17/h3-15H2,1-2H3/p+1. The van der Waals surface area contributed by atoms with Crippen LogP contribution in [0.1, 0.15) is 90.9 Å². The summed E-state index contributed by atoms with van der Waals surface area (Å²) >= 11 is 1.58. The van der Waals surface area contributed by atoms with E-state index in [0.717, 1.165) is 5.75 Å². The predicted molar refractivity (Wildman–Crippen MR) is 86.2 cm³/mol. The Kier molecular flexibility index (Phi) is 15.1. The molecule has 1 nitrogen and oxygen atoms in total. The Hall–Kier alpha value is 0.0200. The van der Waals surface area contributed by atoms with Crippen molar-refractivity contribution in [3.05, 3.63) is 0 Å². The molecule has 0 bridgehead atoms. The maximum absolute atomic E-state index is 9.01. The number of rotatable bonds is 13. The molecule has 0 unspecified atom stereocenters. The summed E-state index contributed by atoms with van der Waals surface area (Å²) in [6, 6.07) is 0. The summed E-state index contributed by atoms with van der Waals surface area (Å²) < 4.78 is 0. The summed E-state index contributed by atoms with van der Waals surface area (Å²) in [5, 5.41) is 0.512. The minimum atomic E-state index is 0.512. The van der Waals surface area contributed by atoms with Gasteiger partial charge in [-0.1, -0.05) is 77.6 Å². The largest absolute Gasteiger partial charge is 0.347 e. The molecule has 0 aromatic carbocycles. The van der Waals surface area contributed by atoms with Gasteiger partial charge in [-0.15, -0.1) is 0 Å². The monoisotopic (exact) mass is 273 g/mol. The first-order valence-corrected chi connectivity index (χ1v) is 8.91. The summed E-state index contributed by atoms with van der Waals surface area (Å²) in [5.74, 6) is 1.08. The first-order chi connectivity index (χ1) is 8.77. The minimum Gasteiger partial charge on any atom is -0.272 e. The zero-order valence-electron chi connectivity index (χ0n) is 12.5. The van der Waals surface area contributed by atoms with Crippen molar-refractivity contribution in [1.82, 2.24) is 0 Å². The lowest BCUT2D eigenvalue weighted by Gasteiger charge is -2.02. The lowest BCUT2D eigenvalue weighted by Crippen LogP contribution is -1.87. The van der Waals surface area contributed by atoms with Gasteiger partial charge in [0.05, 0.1) is 6.92 Å². The number of thioether (sulfide) groups is 1. The van der Waals surface area contributed by atoms with E-state index in [2.05, 4.69) is 6.92 Å². The van der Waals surface area contributed by atoms with E-state index in [9.17, 15) is 0 Å². The van der Waals surface area contributed by atoms with Crippen LogP contribution in [0.2, 0.25) is 0 Å². The van der Waals surface area contributed by atoms with Gasteiger partial charge in [0.2, 0.25) is 0 Å². The lowest BCUT2D eigenvalue weighted by atomic mass is 10.1. The van der Waals surface area contributed by atoms with Crippen molar-refractivity contribution in [3.8, 4) is 0 Å². The highest BCUT2D eigenvalue weighted by Crippen LogP contribution is 2.13. The van der Waals surface area contributed by atoms with E-state index in [-0.39, 0.29) is 0 Å². The molecular weight excluding hydrogens is 240 g/mol. The van der Waals surface area contributed by atoms with Gasteiger partial charge in [0, 0.05) is 5.75 Å². The first kappa shape index (κ1) is 18.0. The summed E-state index contributed by atoms with van der Waals surface area (Å²) in [7, 11) is 0. The van der Waals surface area contributed by atoms with E-state index in [0.29, 0.717) is 5.12 Å². The van der Waals surface area contributed by atoms with Gasteiger partial charge in [-0.25, -0.2) is 0 Å². The van der Waals surface area contributed by atoms with E-state index in [1.807, 2.05) is 0 Å². The van der Waals surface area contributed by atoms with Crippen LogP contribution in [0.15, 0.2) is 0 Å². The summed E-state index contributed by atoms with van der Waals surface area (Å²) in [5.41, 5.74) is 0. The lowest BCUT2D eigenvalue weighted by molar-refractivity contribution is 0.548. The fourth-order valence-corrected chi connectivity index (χ4v) is 2.81. The highest BCUT2D eigenvalue weighted by Gasteiger charge is 1.99. The molecule has 1 N–H and O–H groups in total. The highest BCUT2D eigenvalue weighted by molar-refractivity contribution is 8.13. The second-order valence-electron chi connectivity index (χ2n) is 5.26. The van der Waals surface area contributed by atoms with E-state index in [4.69, 9.17) is 4.79 Å². The number of carbonyl (C=O) groups excluding carboxylic acids is 1. The third-order valence-corrected chi connectivity index (χ3v) is 4.22. The molecule has 0 fully saturated rings. The van der Waals surface area contributed by atoms with Crippen LogP contribution in [-0.4, -0.2) is 15.7 Å². The van der Waals surface area contributed by atoms with Crippen molar-refractivity contribution in [1.29, 1.82) is 0 Å². The molecular formula is C16H33OS+. The second kappa shape index (κ2) is 15.1. The molecule has 0 atom stereocenters. The van der Waals surface area contributed by atoms with Crippen LogP contribution in [0.25, 0.3) is 0 Å². The van der Waals surface area contributed by atoms with E-state index in [1.165, 1.54) is 77.0 Å². The average Bonchev–Trinajstić information content (AvgIpc) is 2.34. The van der Waals surface area contributed by atoms with Gasteiger partial charge < -0.3 is 0 Å². The van der Waals surface area contributed by atoms with E-state index in [1.54, 1.807) is 18.7 Å². The van der Waals surface area contributed by atoms with Crippen LogP contribution >= 0.6 is 11.8 Å². The molecule has 0 saturated heterocycles. The van der Waals surface area contributed by atoms with Gasteiger partial charge in [-0.05, 0) is 18.2 Å². The van der Waals surface area contributed by atoms with Gasteiger partial charge >= 0.3 is 5.12 Å². The Morgan fingerprint density at radius 2 is 1.11 bits per heavy atom. The van der Waals surface area contributed by atoms with Gasteiger partial charge in [-0.2, -0.15) is 0 Å². The smallest absolute Gasteiger partial charge is 0.272 e. The Balaban J connectivity index is 2.92. The fourth-order valence-electron chi connectivity index (χ4n) is 2.16. The Labute approximate surface area is 118 Å². The number of hydrogen-bond acceptors (Lipinski definition) is 1. The van der Waals surface area contributed by atoms with E-state index < -0.39 is 0 Å². The molecule has 0 aliphatic rings. The Morgan fingerprint density at radius 3 is 1.50 bits per heavy atom. The molecule has 18 heavy (non-hydrogen) atoms. The van der Waals surface area contributed by atoms with Crippen molar-refractivity contribution in [2.24, 2.45) is 0 Å². The van der Waals surface area contributed by atoms with Crippen molar-refractivity contribution < 1.29 is 4.79 Å². The van der Waals surface area contributed by atoms with Crippen LogP contribution < -0.4 is 0 Å². The molecule has 0 radical (unpaired) electrons. The molecule has 0 amide bonds. The van der Waals surface area contributed by atoms with Gasteiger partial charge in [-0.3, -0.25) is 4.79 Å². The number of unbranched alkanes of at least 4 members (excludes halogenated alkanes) is 11. The Morgan fingerprint density at radius 1 is 0.722 bits per heavy atom. The molecule has 2 heteroatoms. The molecule has 0 aromatic rings. The van der Waals surface area contributed by atoms with Gasteiger partial charge in [0.25, 0.3) is 0 Å². The first-order valence-electron chi connectivity index (χ1n) is 7.92. The molecule has 0 aromatic heterocycles.